The van der Waals surface area contributed by atoms with E-state index >= 15 is 0 Å². The summed E-state index contributed by atoms with van der Waals surface area (Å²) in [7, 11) is 1.67. The third kappa shape index (κ3) is 3.58. The highest BCUT2D eigenvalue weighted by Crippen LogP contribution is 2.20. The molecule has 0 aliphatic carbocycles. The van der Waals surface area contributed by atoms with Crippen LogP contribution in [0.25, 0.3) is 5.70 Å². The van der Waals surface area contributed by atoms with E-state index in [1.807, 2.05) is 48.7 Å². The molecule has 2 heteroatoms. The van der Waals surface area contributed by atoms with Crippen molar-refractivity contribution < 1.29 is 4.74 Å². The van der Waals surface area contributed by atoms with E-state index in [1.165, 1.54) is 5.57 Å². The quantitative estimate of drug-likeness (QED) is 0.742. The van der Waals surface area contributed by atoms with Crippen LogP contribution in [-0.2, 0) is 0 Å². The summed E-state index contributed by atoms with van der Waals surface area (Å²) < 4.78 is 5.15. The van der Waals surface area contributed by atoms with Crippen LogP contribution < -0.4 is 4.74 Å². The van der Waals surface area contributed by atoms with Crippen molar-refractivity contribution in [3.63, 3.8) is 0 Å². The van der Waals surface area contributed by atoms with Crippen LogP contribution in [0.3, 0.4) is 0 Å². The summed E-state index contributed by atoms with van der Waals surface area (Å²) in [6, 6.07) is 18.1. The molecule has 0 spiro atoms. The fourth-order valence-electron chi connectivity index (χ4n) is 1.92. The van der Waals surface area contributed by atoms with Gasteiger partial charge in [-0.1, -0.05) is 35.9 Å². The molecular formula is C18H19NO. The number of nitrogens with zero attached hydrogens (tertiary/aromatic N) is 1. The molecule has 2 aromatic carbocycles. The number of hydrogen-bond donors (Lipinski definition) is 0. The van der Waals surface area contributed by atoms with Gasteiger partial charge in [-0.2, -0.15) is 0 Å². The van der Waals surface area contributed by atoms with Gasteiger partial charge in [-0.3, -0.25) is 4.99 Å². The monoisotopic (exact) mass is 265 g/mol. The summed E-state index contributed by atoms with van der Waals surface area (Å²) in [5.41, 5.74) is 4.40. The Morgan fingerprint density at radius 2 is 1.60 bits per heavy atom. The smallest absolute Gasteiger partial charge is 0.118 e. The van der Waals surface area contributed by atoms with Crippen molar-refractivity contribution in [1.82, 2.24) is 0 Å². The molecule has 0 fully saturated rings. The highest BCUT2D eigenvalue weighted by molar-refractivity contribution is 5.86. The van der Waals surface area contributed by atoms with Crippen LogP contribution in [-0.4, -0.2) is 13.3 Å². The third-order valence-electron chi connectivity index (χ3n) is 2.98. The molecule has 0 amide bonds. The van der Waals surface area contributed by atoms with Gasteiger partial charge < -0.3 is 4.74 Å². The first-order chi connectivity index (χ1) is 9.70. The molecule has 102 valence electrons. The molecule has 0 N–H and O–H groups in total. The molecule has 0 atom stereocenters. The Kier molecular flexibility index (Phi) is 4.72. The van der Waals surface area contributed by atoms with E-state index in [0.717, 1.165) is 22.6 Å². The maximum Gasteiger partial charge on any atom is 0.118 e. The fraction of sp³-hybridized carbons (Fsp3) is 0.167. The highest BCUT2D eigenvalue weighted by Gasteiger charge is 2.00. The maximum atomic E-state index is 5.15. The van der Waals surface area contributed by atoms with E-state index in [2.05, 4.69) is 31.0 Å². The van der Waals surface area contributed by atoms with Crippen molar-refractivity contribution >= 4 is 11.9 Å². The van der Waals surface area contributed by atoms with E-state index in [0.29, 0.717) is 0 Å². The van der Waals surface area contributed by atoms with E-state index in [1.54, 1.807) is 7.11 Å². The lowest BCUT2D eigenvalue weighted by atomic mass is 10.1. The first-order valence-electron chi connectivity index (χ1n) is 6.61. The second-order valence-corrected chi connectivity index (χ2v) is 4.75. The molecule has 0 aliphatic heterocycles. The van der Waals surface area contributed by atoms with Crippen molar-refractivity contribution in [2.75, 3.05) is 7.11 Å². The minimum Gasteiger partial charge on any atom is -0.497 e. The SMILES string of the molecule is COc1ccc(C=NC(=C(C)C)c2ccccc2)cc1. The van der Waals surface area contributed by atoms with E-state index in [-0.39, 0.29) is 0 Å². The Bertz CT molecular complexity index is 606. The van der Waals surface area contributed by atoms with Gasteiger partial charge in [0.25, 0.3) is 0 Å². The summed E-state index contributed by atoms with van der Waals surface area (Å²) >= 11 is 0. The number of aliphatic imine (C=N–C) groups is 1. The zero-order valence-corrected chi connectivity index (χ0v) is 12.1. The lowest BCUT2D eigenvalue weighted by Gasteiger charge is -2.05. The van der Waals surface area contributed by atoms with Gasteiger partial charge in [-0.05, 0) is 43.7 Å². The zero-order chi connectivity index (χ0) is 14.4. The van der Waals surface area contributed by atoms with Crippen molar-refractivity contribution in [3.05, 3.63) is 71.3 Å². The van der Waals surface area contributed by atoms with E-state index < -0.39 is 0 Å². The molecule has 0 aliphatic rings. The Labute approximate surface area is 120 Å². The van der Waals surface area contributed by atoms with Crippen molar-refractivity contribution in [1.29, 1.82) is 0 Å². The first-order valence-corrected chi connectivity index (χ1v) is 6.61. The molecule has 0 heterocycles. The summed E-state index contributed by atoms with van der Waals surface area (Å²) in [4.78, 5) is 4.63. The Balaban J connectivity index is 2.25. The largest absolute Gasteiger partial charge is 0.497 e. The number of rotatable bonds is 4. The van der Waals surface area contributed by atoms with Crippen LogP contribution in [0.1, 0.15) is 25.0 Å². The predicted molar refractivity (Wildman–Crippen MR) is 85.3 cm³/mol. The lowest BCUT2D eigenvalue weighted by molar-refractivity contribution is 0.415. The molecule has 0 unspecified atom stereocenters. The molecule has 2 aromatic rings. The molecule has 20 heavy (non-hydrogen) atoms. The van der Waals surface area contributed by atoms with Gasteiger partial charge in [0.05, 0.1) is 12.8 Å². The number of hydrogen-bond acceptors (Lipinski definition) is 2. The van der Waals surface area contributed by atoms with Crippen molar-refractivity contribution in [2.45, 2.75) is 13.8 Å². The van der Waals surface area contributed by atoms with Crippen LogP contribution >= 0.6 is 0 Å². The highest BCUT2D eigenvalue weighted by atomic mass is 16.5. The number of benzene rings is 2. The van der Waals surface area contributed by atoms with Crippen LogP contribution in [0.5, 0.6) is 5.75 Å². The number of allylic oxidation sites excluding steroid dienone is 1. The topological polar surface area (TPSA) is 21.6 Å². The summed E-state index contributed by atoms with van der Waals surface area (Å²) in [6.45, 7) is 4.15. The zero-order valence-electron chi connectivity index (χ0n) is 12.1. The van der Waals surface area contributed by atoms with Crippen LogP contribution in [0.15, 0.2) is 65.2 Å². The third-order valence-corrected chi connectivity index (χ3v) is 2.98. The second-order valence-electron chi connectivity index (χ2n) is 4.75. The molecule has 0 radical (unpaired) electrons. The van der Waals surface area contributed by atoms with Crippen LogP contribution in [0, 0.1) is 0 Å². The summed E-state index contributed by atoms with van der Waals surface area (Å²) in [6.07, 6.45) is 1.88. The average Bonchev–Trinajstić information content (AvgIpc) is 2.49. The molecular weight excluding hydrogens is 246 g/mol. The minimum atomic E-state index is 0.854. The van der Waals surface area contributed by atoms with Gasteiger partial charge in [0.2, 0.25) is 0 Å². The van der Waals surface area contributed by atoms with E-state index in [9.17, 15) is 0 Å². The maximum absolute atomic E-state index is 5.15. The normalized spacial score (nSPS) is 10.6. The molecule has 0 saturated carbocycles. The Morgan fingerprint density at radius 3 is 2.15 bits per heavy atom. The molecule has 0 aromatic heterocycles. The van der Waals surface area contributed by atoms with Gasteiger partial charge in [-0.15, -0.1) is 0 Å². The summed E-state index contributed by atoms with van der Waals surface area (Å²) in [5, 5.41) is 0. The Hall–Kier alpha value is -2.35. The van der Waals surface area contributed by atoms with Gasteiger partial charge in [0.1, 0.15) is 5.75 Å². The summed E-state index contributed by atoms with van der Waals surface area (Å²) in [5.74, 6) is 0.854. The van der Waals surface area contributed by atoms with Crippen LogP contribution in [0.4, 0.5) is 0 Å². The lowest BCUT2D eigenvalue weighted by Crippen LogP contribution is -1.88. The van der Waals surface area contributed by atoms with Gasteiger partial charge in [0, 0.05) is 11.8 Å². The van der Waals surface area contributed by atoms with Crippen molar-refractivity contribution in [3.8, 4) is 5.75 Å². The number of methoxy groups -OCH3 is 1. The van der Waals surface area contributed by atoms with Gasteiger partial charge in [0.15, 0.2) is 0 Å². The fourth-order valence-corrected chi connectivity index (χ4v) is 1.92. The molecule has 2 nitrogen and oxygen atoms in total. The Morgan fingerprint density at radius 1 is 0.950 bits per heavy atom. The average molecular weight is 265 g/mol. The molecule has 0 bridgehead atoms. The minimum absolute atomic E-state index is 0.854. The first kappa shape index (κ1) is 14.1. The van der Waals surface area contributed by atoms with Crippen LogP contribution in [0.2, 0.25) is 0 Å². The molecule has 0 saturated heterocycles. The van der Waals surface area contributed by atoms with Gasteiger partial charge in [-0.25, -0.2) is 0 Å². The standard InChI is InChI=1S/C18H19NO/c1-14(2)18(16-7-5-4-6-8-16)19-13-15-9-11-17(20-3)12-10-15/h4-13H,1-3H3. The second kappa shape index (κ2) is 6.71. The van der Waals surface area contributed by atoms with Gasteiger partial charge >= 0.3 is 0 Å². The van der Waals surface area contributed by atoms with Crippen molar-refractivity contribution in [2.24, 2.45) is 4.99 Å². The molecule has 2 rings (SSSR count). The number of ether oxygens (including phenoxy) is 1. The van der Waals surface area contributed by atoms with E-state index in [4.69, 9.17) is 4.74 Å². The predicted octanol–water partition coefficient (Wildman–Crippen LogP) is 4.57.